The Hall–Kier alpha value is -0.300. The first-order chi connectivity index (χ1) is 7.63. The summed E-state index contributed by atoms with van der Waals surface area (Å²) in [5.74, 6) is 1.81. The minimum absolute atomic E-state index is 0.555. The third-order valence-electron chi connectivity index (χ3n) is 3.94. The number of rotatable bonds is 5. The maximum Gasteiger partial charge on any atom is 0.0248 e. The van der Waals surface area contributed by atoms with Gasteiger partial charge >= 0.3 is 0 Å². The van der Waals surface area contributed by atoms with Crippen molar-refractivity contribution in [2.75, 3.05) is 6.54 Å². The molecule has 1 unspecified atom stereocenters. The van der Waals surface area contributed by atoms with Gasteiger partial charge in [-0.05, 0) is 51.5 Å². The quantitative estimate of drug-likeness (QED) is 0.691. The Labute approximate surface area is 102 Å². The van der Waals surface area contributed by atoms with E-state index in [0.29, 0.717) is 6.04 Å². The van der Waals surface area contributed by atoms with Crippen LogP contribution >= 0.6 is 0 Å². The van der Waals surface area contributed by atoms with Gasteiger partial charge in [-0.15, -0.1) is 0 Å². The second-order valence-corrected chi connectivity index (χ2v) is 5.61. The van der Waals surface area contributed by atoms with Crippen LogP contribution in [0.25, 0.3) is 0 Å². The van der Waals surface area contributed by atoms with E-state index in [1.165, 1.54) is 37.7 Å². The van der Waals surface area contributed by atoms with Crippen molar-refractivity contribution in [2.24, 2.45) is 11.8 Å². The van der Waals surface area contributed by atoms with Crippen LogP contribution in [0.15, 0.2) is 11.6 Å². The van der Waals surface area contributed by atoms with Gasteiger partial charge in [0.25, 0.3) is 0 Å². The summed E-state index contributed by atoms with van der Waals surface area (Å²) in [6.07, 6.45) is 9.40. The van der Waals surface area contributed by atoms with Crippen molar-refractivity contribution in [3.05, 3.63) is 11.6 Å². The first-order valence-electron chi connectivity index (χ1n) is 7.05. The molecular formula is C15H29N. The van der Waals surface area contributed by atoms with Gasteiger partial charge in [0.05, 0.1) is 0 Å². The topological polar surface area (TPSA) is 12.0 Å². The minimum atomic E-state index is 0.555. The van der Waals surface area contributed by atoms with Gasteiger partial charge in [-0.25, -0.2) is 0 Å². The van der Waals surface area contributed by atoms with Crippen molar-refractivity contribution in [3.8, 4) is 0 Å². The van der Waals surface area contributed by atoms with Crippen LogP contribution in [0, 0.1) is 11.8 Å². The van der Waals surface area contributed by atoms with E-state index in [2.05, 4.69) is 39.1 Å². The van der Waals surface area contributed by atoms with Crippen molar-refractivity contribution in [3.63, 3.8) is 0 Å². The van der Waals surface area contributed by atoms with Crippen molar-refractivity contribution in [1.29, 1.82) is 0 Å². The van der Waals surface area contributed by atoms with E-state index in [1.54, 1.807) is 0 Å². The van der Waals surface area contributed by atoms with Gasteiger partial charge in [0, 0.05) is 6.04 Å². The van der Waals surface area contributed by atoms with Gasteiger partial charge < -0.3 is 5.32 Å². The first-order valence-corrected chi connectivity index (χ1v) is 7.05. The third-order valence-corrected chi connectivity index (χ3v) is 3.94. The summed E-state index contributed by atoms with van der Waals surface area (Å²) >= 11 is 0. The molecule has 0 saturated heterocycles. The highest BCUT2D eigenvalue weighted by atomic mass is 14.9. The van der Waals surface area contributed by atoms with E-state index < -0.39 is 0 Å². The summed E-state index contributed by atoms with van der Waals surface area (Å²) in [4.78, 5) is 0. The average Bonchev–Trinajstić information content (AvgIpc) is 2.29. The monoisotopic (exact) mass is 223 g/mol. The van der Waals surface area contributed by atoms with Crippen LogP contribution in [0.2, 0.25) is 0 Å². The highest BCUT2D eigenvalue weighted by Gasteiger charge is 2.17. The average molecular weight is 223 g/mol. The third kappa shape index (κ3) is 4.69. The maximum absolute atomic E-state index is 3.56. The molecule has 1 aliphatic carbocycles. The zero-order valence-corrected chi connectivity index (χ0v) is 11.6. The Kier molecular flexibility index (Phi) is 6.12. The molecule has 1 rings (SSSR count). The zero-order valence-electron chi connectivity index (χ0n) is 11.6. The molecule has 1 nitrogen and oxygen atoms in total. The molecule has 0 aromatic carbocycles. The largest absolute Gasteiger partial charge is 0.311 e. The molecule has 94 valence electrons. The van der Waals surface area contributed by atoms with Crippen molar-refractivity contribution in [2.45, 2.75) is 65.8 Å². The summed E-state index contributed by atoms with van der Waals surface area (Å²) in [6, 6.07) is 0.555. The molecule has 16 heavy (non-hydrogen) atoms. The highest BCUT2D eigenvalue weighted by Crippen LogP contribution is 2.29. The maximum atomic E-state index is 3.56. The van der Waals surface area contributed by atoms with Gasteiger partial charge in [0.2, 0.25) is 0 Å². The molecule has 0 aliphatic heterocycles. The standard InChI is InChI=1S/C15H29N/c1-5-10-16-14(4)13(3)11-15-8-6-12(2)7-9-15/h11-12,14-16H,5-10H2,1-4H3. The fourth-order valence-electron chi connectivity index (χ4n) is 2.49. The summed E-state index contributed by atoms with van der Waals surface area (Å²) in [5.41, 5.74) is 1.54. The van der Waals surface area contributed by atoms with Gasteiger partial charge in [0.1, 0.15) is 0 Å². The molecule has 0 spiro atoms. The van der Waals surface area contributed by atoms with Crippen molar-refractivity contribution < 1.29 is 0 Å². The fraction of sp³-hybridized carbons (Fsp3) is 0.867. The number of nitrogens with one attached hydrogen (secondary N) is 1. The zero-order chi connectivity index (χ0) is 12.0. The second-order valence-electron chi connectivity index (χ2n) is 5.61. The van der Waals surface area contributed by atoms with Crippen molar-refractivity contribution >= 4 is 0 Å². The van der Waals surface area contributed by atoms with Crippen LogP contribution in [0.3, 0.4) is 0 Å². The lowest BCUT2D eigenvalue weighted by Gasteiger charge is -2.25. The number of hydrogen-bond acceptors (Lipinski definition) is 1. The van der Waals surface area contributed by atoms with Gasteiger partial charge in [0.15, 0.2) is 0 Å². The smallest absolute Gasteiger partial charge is 0.0248 e. The molecule has 1 N–H and O–H groups in total. The summed E-state index contributed by atoms with van der Waals surface area (Å²) in [6.45, 7) is 10.3. The molecule has 0 heterocycles. The Morgan fingerprint density at radius 3 is 2.50 bits per heavy atom. The summed E-state index contributed by atoms with van der Waals surface area (Å²) < 4.78 is 0. The van der Waals surface area contributed by atoms with Gasteiger partial charge in [-0.3, -0.25) is 0 Å². The van der Waals surface area contributed by atoms with Crippen LogP contribution < -0.4 is 5.32 Å². The lowest BCUT2D eigenvalue weighted by atomic mass is 9.82. The van der Waals surface area contributed by atoms with E-state index in [4.69, 9.17) is 0 Å². The highest BCUT2D eigenvalue weighted by molar-refractivity contribution is 5.08. The summed E-state index contributed by atoms with van der Waals surface area (Å²) in [5, 5.41) is 3.56. The van der Waals surface area contributed by atoms with Crippen LogP contribution in [0.5, 0.6) is 0 Å². The molecule has 0 aromatic heterocycles. The molecule has 1 atom stereocenters. The predicted octanol–water partition coefficient (Wildman–Crippen LogP) is 4.15. The SMILES string of the molecule is CCCNC(C)C(C)=CC1CCC(C)CC1. The van der Waals surface area contributed by atoms with E-state index >= 15 is 0 Å². The fourth-order valence-corrected chi connectivity index (χ4v) is 2.49. The normalized spacial score (nSPS) is 29.1. The van der Waals surface area contributed by atoms with Crippen LogP contribution in [-0.2, 0) is 0 Å². The molecule has 0 amide bonds. The lowest BCUT2D eigenvalue weighted by Crippen LogP contribution is -2.28. The molecular weight excluding hydrogens is 194 g/mol. The predicted molar refractivity (Wildman–Crippen MR) is 72.6 cm³/mol. The Bertz CT molecular complexity index is 211. The molecule has 1 saturated carbocycles. The van der Waals surface area contributed by atoms with Gasteiger partial charge in [-0.2, -0.15) is 0 Å². The molecule has 1 heteroatoms. The number of allylic oxidation sites excluding steroid dienone is 1. The lowest BCUT2D eigenvalue weighted by molar-refractivity contribution is 0.329. The summed E-state index contributed by atoms with van der Waals surface area (Å²) in [7, 11) is 0. The Morgan fingerprint density at radius 2 is 1.94 bits per heavy atom. The molecule has 0 aromatic rings. The van der Waals surface area contributed by atoms with Gasteiger partial charge in [-0.1, -0.05) is 38.3 Å². The van der Waals surface area contributed by atoms with Crippen molar-refractivity contribution in [1.82, 2.24) is 5.32 Å². The van der Waals surface area contributed by atoms with E-state index in [0.717, 1.165) is 18.4 Å². The van der Waals surface area contributed by atoms with Crippen LogP contribution in [0.1, 0.15) is 59.8 Å². The molecule has 0 radical (unpaired) electrons. The molecule has 0 bridgehead atoms. The Balaban J connectivity index is 2.36. The number of hydrogen-bond donors (Lipinski definition) is 1. The van der Waals surface area contributed by atoms with E-state index in [9.17, 15) is 0 Å². The first kappa shape index (κ1) is 13.8. The molecule has 1 fully saturated rings. The minimum Gasteiger partial charge on any atom is -0.311 e. The molecule has 1 aliphatic rings. The van der Waals surface area contributed by atoms with Crippen LogP contribution in [0.4, 0.5) is 0 Å². The van der Waals surface area contributed by atoms with Crippen LogP contribution in [-0.4, -0.2) is 12.6 Å². The van der Waals surface area contributed by atoms with E-state index in [1.807, 2.05) is 0 Å². The second kappa shape index (κ2) is 7.11. The Morgan fingerprint density at radius 1 is 1.31 bits per heavy atom. The van der Waals surface area contributed by atoms with E-state index in [-0.39, 0.29) is 0 Å².